The summed E-state index contributed by atoms with van der Waals surface area (Å²) >= 11 is 0. The van der Waals surface area contributed by atoms with Crippen LogP contribution in [0.15, 0.2) is 42.7 Å². The lowest BCUT2D eigenvalue weighted by Crippen LogP contribution is -2.28. The first kappa shape index (κ1) is 20.2. The van der Waals surface area contributed by atoms with Crippen LogP contribution in [0.25, 0.3) is 5.69 Å². The zero-order chi connectivity index (χ0) is 21.7. The van der Waals surface area contributed by atoms with Crippen molar-refractivity contribution >= 4 is 21.6 Å². The number of aryl methyl sites for hydroxylation is 2. The first-order valence-corrected chi connectivity index (χ1v) is 10.4. The third-order valence-corrected chi connectivity index (χ3v) is 5.72. The lowest BCUT2D eigenvalue weighted by Gasteiger charge is -2.22. The van der Waals surface area contributed by atoms with Crippen molar-refractivity contribution in [3.63, 3.8) is 0 Å². The number of aromatic nitrogens is 3. The van der Waals surface area contributed by atoms with Crippen LogP contribution in [-0.2, 0) is 16.5 Å². The summed E-state index contributed by atoms with van der Waals surface area (Å²) in [5.74, 6) is 0.0421. The molecule has 1 aromatic carbocycles. The van der Waals surface area contributed by atoms with Gasteiger partial charge in [0.15, 0.2) is 5.75 Å². The molecule has 30 heavy (non-hydrogen) atoms. The van der Waals surface area contributed by atoms with Crippen LogP contribution in [0.4, 0.5) is 24.7 Å². The van der Waals surface area contributed by atoms with Crippen molar-refractivity contribution < 1.29 is 25.8 Å². The molecule has 0 N–H and O–H groups in total. The van der Waals surface area contributed by atoms with E-state index in [1.165, 1.54) is 6.07 Å². The molecule has 0 radical (unpaired) electrons. The van der Waals surface area contributed by atoms with Crippen molar-refractivity contribution in [3.8, 4) is 11.4 Å². The number of hydrogen-bond donors (Lipinski definition) is 0. The largest absolute Gasteiger partial charge is 0.534 e. The zero-order valence-corrected chi connectivity index (χ0v) is 16.8. The predicted octanol–water partition coefficient (Wildman–Crippen LogP) is 3.81. The van der Waals surface area contributed by atoms with Gasteiger partial charge in [0.2, 0.25) is 0 Å². The summed E-state index contributed by atoms with van der Waals surface area (Å²) in [6.07, 6.45) is 3.78. The SMILES string of the molecule is Cc1cc(OS(=O)(=O)C(F)(F)F)c2c(n1)N(c1ccc(-n3cccn3)cc1C)CC2. The number of anilines is 2. The van der Waals surface area contributed by atoms with Crippen LogP contribution in [-0.4, -0.2) is 35.2 Å². The molecule has 0 bridgehead atoms. The van der Waals surface area contributed by atoms with Crippen molar-refractivity contribution in [2.24, 2.45) is 0 Å². The Hall–Kier alpha value is -3.08. The second kappa shape index (κ2) is 7.01. The Kier molecular flexibility index (Phi) is 4.72. The summed E-state index contributed by atoms with van der Waals surface area (Å²) in [6, 6.07) is 8.69. The van der Waals surface area contributed by atoms with Gasteiger partial charge in [0, 0.05) is 41.9 Å². The maximum absolute atomic E-state index is 12.8. The van der Waals surface area contributed by atoms with Gasteiger partial charge in [-0.2, -0.15) is 26.7 Å². The van der Waals surface area contributed by atoms with Crippen LogP contribution in [0.5, 0.6) is 5.75 Å². The van der Waals surface area contributed by atoms with Crippen molar-refractivity contribution in [1.82, 2.24) is 14.8 Å². The van der Waals surface area contributed by atoms with E-state index >= 15 is 0 Å². The molecule has 0 aliphatic carbocycles. The van der Waals surface area contributed by atoms with E-state index in [1.54, 1.807) is 17.8 Å². The lowest BCUT2D eigenvalue weighted by atomic mass is 10.1. The van der Waals surface area contributed by atoms with E-state index < -0.39 is 15.6 Å². The molecule has 0 fully saturated rings. The summed E-state index contributed by atoms with van der Waals surface area (Å²) in [6.45, 7) is 3.90. The van der Waals surface area contributed by atoms with Crippen LogP contribution in [0.3, 0.4) is 0 Å². The molecule has 0 saturated heterocycles. The Morgan fingerprint density at radius 3 is 2.57 bits per heavy atom. The molecule has 7 nitrogen and oxygen atoms in total. The maximum atomic E-state index is 12.8. The number of rotatable bonds is 4. The van der Waals surface area contributed by atoms with Gasteiger partial charge in [-0.1, -0.05) is 0 Å². The van der Waals surface area contributed by atoms with E-state index in [2.05, 4.69) is 14.3 Å². The van der Waals surface area contributed by atoms with Gasteiger partial charge in [0.25, 0.3) is 0 Å². The fourth-order valence-electron chi connectivity index (χ4n) is 3.42. The van der Waals surface area contributed by atoms with Crippen molar-refractivity contribution in [3.05, 3.63) is 59.5 Å². The number of alkyl halides is 3. The fourth-order valence-corrected chi connectivity index (χ4v) is 3.90. The highest BCUT2D eigenvalue weighted by Crippen LogP contribution is 2.41. The Labute approximate surface area is 170 Å². The summed E-state index contributed by atoms with van der Waals surface area (Å²) in [4.78, 5) is 6.27. The van der Waals surface area contributed by atoms with E-state index in [0.717, 1.165) is 16.9 Å². The Bertz CT molecular complexity index is 1210. The molecule has 2 aromatic heterocycles. The Morgan fingerprint density at radius 1 is 1.17 bits per heavy atom. The van der Waals surface area contributed by atoms with Crippen molar-refractivity contribution in [1.29, 1.82) is 0 Å². The van der Waals surface area contributed by atoms with Gasteiger partial charge < -0.3 is 9.08 Å². The summed E-state index contributed by atoms with van der Waals surface area (Å²) in [7, 11) is -5.77. The molecule has 11 heteroatoms. The molecule has 0 spiro atoms. The second-order valence-corrected chi connectivity index (χ2v) is 8.41. The minimum Gasteiger partial charge on any atom is -0.376 e. The van der Waals surface area contributed by atoms with Gasteiger partial charge in [-0.3, -0.25) is 0 Å². The molecular weight excluding hydrogens is 421 g/mol. The van der Waals surface area contributed by atoms with Crippen molar-refractivity contribution in [2.75, 3.05) is 11.4 Å². The lowest BCUT2D eigenvalue weighted by molar-refractivity contribution is -0.0500. The average Bonchev–Trinajstić information content (AvgIpc) is 3.30. The smallest absolute Gasteiger partial charge is 0.376 e. The minimum absolute atomic E-state index is 0.297. The molecule has 0 unspecified atom stereocenters. The van der Waals surface area contributed by atoms with Gasteiger partial charge in [0.05, 0.1) is 5.69 Å². The Morgan fingerprint density at radius 2 is 1.93 bits per heavy atom. The van der Waals surface area contributed by atoms with Gasteiger partial charge in [-0.25, -0.2) is 9.67 Å². The van der Waals surface area contributed by atoms with E-state index in [9.17, 15) is 21.6 Å². The molecule has 0 amide bonds. The van der Waals surface area contributed by atoms with Gasteiger partial charge >= 0.3 is 15.6 Å². The number of halogens is 3. The molecule has 1 aliphatic rings. The highest BCUT2D eigenvalue weighted by molar-refractivity contribution is 7.88. The van der Waals surface area contributed by atoms with Gasteiger partial charge in [-0.05, 0) is 50.1 Å². The number of hydrogen-bond acceptors (Lipinski definition) is 6. The molecule has 3 heterocycles. The quantitative estimate of drug-likeness (QED) is 0.456. The number of benzene rings is 1. The molecule has 0 saturated carbocycles. The topological polar surface area (TPSA) is 77.3 Å². The van der Waals surface area contributed by atoms with Crippen LogP contribution in [0.1, 0.15) is 16.8 Å². The van der Waals surface area contributed by atoms with Crippen LogP contribution >= 0.6 is 0 Å². The van der Waals surface area contributed by atoms with E-state index in [-0.39, 0.29) is 5.75 Å². The third kappa shape index (κ3) is 3.49. The predicted molar refractivity (Wildman–Crippen MR) is 104 cm³/mol. The van der Waals surface area contributed by atoms with Gasteiger partial charge in [-0.15, -0.1) is 0 Å². The summed E-state index contributed by atoms with van der Waals surface area (Å²) in [5, 5.41) is 4.19. The first-order valence-electron chi connectivity index (χ1n) is 8.96. The molecular formula is C19H17F3N4O3S. The fraction of sp³-hybridized carbons (Fsp3) is 0.263. The number of fused-ring (bicyclic) bond motifs is 1. The summed E-state index contributed by atoms with van der Waals surface area (Å²) in [5.41, 5.74) is -2.26. The molecule has 0 atom stereocenters. The number of pyridine rings is 1. The highest BCUT2D eigenvalue weighted by Gasteiger charge is 2.49. The van der Waals surface area contributed by atoms with E-state index in [4.69, 9.17) is 0 Å². The van der Waals surface area contributed by atoms with Crippen LogP contribution in [0, 0.1) is 13.8 Å². The summed E-state index contributed by atoms with van der Waals surface area (Å²) < 4.78 is 67.5. The zero-order valence-electron chi connectivity index (χ0n) is 16.0. The van der Waals surface area contributed by atoms with Crippen molar-refractivity contribution in [2.45, 2.75) is 25.8 Å². The minimum atomic E-state index is -5.77. The van der Waals surface area contributed by atoms with Crippen LogP contribution in [0.2, 0.25) is 0 Å². The molecule has 3 aromatic rings. The molecule has 4 rings (SSSR count). The maximum Gasteiger partial charge on any atom is 0.534 e. The van der Waals surface area contributed by atoms with Gasteiger partial charge in [0.1, 0.15) is 5.82 Å². The monoisotopic (exact) mass is 438 g/mol. The number of nitrogens with zero attached hydrogens (tertiary/aromatic N) is 4. The normalized spacial score (nSPS) is 14.1. The average molecular weight is 438 g/mol. The molecule has 158 valence electrons. The highest BCUT2D eigenvalue weighted by atomic mass is 32.2. The van der Waals surface area contributed by atoms with Crippen LogP contribution < -0.4 is 9.08 Å². The third-order valence-electron chi connectivity index (χ3n) is 4.75. The molecule has 1 aliphatic heterocycles. The standard InChI is InChI=1S/C19H17F3N4O3S/c1-12-10-14(26-8-3-7-23-26)4-5-16(12)25-9-6-15-17(11-13(2)24-18(15)25)29-30(27,28)19(20,21)22/h3-5,7-8,10-11H,6,9H2,1-2H3. The van der Waals surface area contributed by atoms with E-state index in [0.29, 0.717) is 30.0 Å². The Balaban J connectivity index is 1.73. The first-order chi connectivity index (χ1) is 14.1. The second-order valence-electron chi connectivity index (χ2n) is 6.87. The van der Waals surface area contributed by atoms with E-state index in [1.807, 2.05) is 42.3 Å².